The van der Waals surface area contributed by atoms with Gasteiger partial charge >= 0.3 is 59.1 Å². The monoisotopic (exact) mass is 703 g/mol. The van der Waals surface area contributed by atoms with Crippen molar-refractivity contribution < 1.29 is 132 Å². The van der Waals surface area contributed by atoms with E-state index in [9.17, 15) is 40.4 Å². The number of carbonyl (C=O) groups is 2. The summed E-state index contributed by atoms with van der Waals surface area (Å²) in [7, 11) is 1.33. The molecule has 4 unspecified atom stereocenters. The van der Waals surface area contributed by atoms with Crippen LogP contribution in [0.3, 0.4) is 0 Å². The number of rotatable bonds is 12. The van der Waals surface area contributed by atoms with Gasteiger partial charge in [0.05, 0.1) is 31.2 Å². The molecular weight excluding hydrogens is 656 g/mol. The number of nitrogens with one attached hydrogen (secondary N) is 1. The van der Waals surface area contributed by atoms with E-state index in [0.717, 1.165) is 27.7 Å². The summed E-state index contributed by atoms with van der Waals surface area (Å²) in [6, 6.07) is 0. The molecule has 19 heteroatoms. The number of methoxy groups -OCH3 is 1. The van der Waals surface area contributed by atoms with Gasteiger partial charge in [-0.25, -0.2) is 0 Å². The molecule has 0 aromatic carbocycles. The molecule has 16 nitrogen and oxygen atoms in total. The smallest absolute Gasteiger partial charge is 0.691 e. The van der Waals surface area contributed by atoms with Gasteiger partial charge in [0.1, 0.15) is 44.7 Å². The zero-order valence-electron chi connectivity index (χ0n) is 29.3. The van der Waals surface area contributed by atoms with Crippen molar-refractivity contribution in [1.29, 1.82) is 0 Å². The molecule has 10 atom stereocenters. The molecule has 0 aliphatic carbocycles. The Hall–Kier alpha value is 0.810. The summed E-state index contributed by atoms with van der Waals surface area (Å²) in [4.78, 5) is 24.9. The molecule has 0 radical (unpaired) electrons. The number of aliphatic hydroxyl groups excluding tert-OH is 1. The predicted octanol–water partition coefficient (Wildman–Crippen LogP) is -7.83. The SMILES string of the molecule is COC1(C)OC(C)(CO)[C@@](C)(OSOO[O-])[C@@](C)(COCC2(C)OC(C)(C(=O)[O-])[C@@](C)(O)[C@@](C)(O)[C@]2(C)O)[C@]1(C)NC(C)=O.[Na+].[Na+]. The molecule has 2 aliphatic rings. The minimum absolute atomic E-state index is 0. The van der Waals surface area contributed by atoms with Gasteiger partial charge in [-0.05, 0) is 62.3 Å². The van der Waals surface area contributed by atoms with E-state index in [1.807, 2.05) is 0 Å². The fraction of sp³-hybridized carbons (Fsp3) is 0.926. The number of aliphatic hydroxyl groups is 4. The van der Waals surface area contributed by atoms with Crippen molar-refractivity contribution in [2.45, 2.75) is 127 Å². The molecule has 5 N–H and O–H groups in total. The maximum absolute atomic E-state index is 12.6. The van der Waals surface area contributed by atoms with E-state index in [0.29, 0.717) is 0 Å². The molecule has 0 bridgehead atoms. The Kier molecular flexibility index (Phi) is 15.1. The number of hydrogen-bond donors (Lipinski definition) is 5. The number of carbonyl (C=O) groups excluding carboxylic acids is 2. The van der Waals surface area contributed by atoms with Gasteiger partial charge in [-0.2, -0.15) is 0 Å². The first kappa shape index (κ1) is 46.8. The summed E-state index contributed by atoms with van der Waals surface area (Å²) in [5.74, 6) is -4.04. The van der Waals surface area contributed by atoms with E-state index in [1.54, 1.807) is 13.8 Å². The summed E-state index contributed by atoms with van der Waals surface area (Å²) in [6.07, 6.45) is 0. The van der Waals surface area contributed by atoms with Crippen LogP contribution in [0, 0.1) is 5.41 Å². The largest absolute Gasteiger partial charge is 1.00 e. The second kappa shape index (κ2) is 14.8. The van der Waals surface area contributed by atoms with Crippen LogP contribution in [0.1, 0.15) is 76.2 Å². The molecule has 2 rings (SSSR count). The Labute approximate surface area is 318 Å². The third-order valence-corrected chi connectivity index (χ3v) is 11.8. The molecule has 258 valence electrons. The number of carboxylic acids is 1. The van der Waals surface area contributed by atoms with E-state index in [4.69, 9.17) is 23.1 Å². The number of aliphatic carboxylic acids is 1. The fourth-order valence-electron chi connectivity index (χ4n) is 6.74. The zero-order valence-corrected chi connectivity index (χ0v) is 34.1. The zero-order chi connectivity index (χ0) is 34.6. The molecule has 2 aliphatic heterocycles. The Morgan fingerprint density at radius 1 is 0.848 bits per heavy atom. The second-order valence-corrected chi connectivity index (χ2v) is 13.9. The third-order valence-electron chi connectivity index (χ3n) is 11.3. The molecule has 0 aromatic rings. The Morgan fingerprint density at radius 3 is 1.78 bits per heavy atom. The molecule has 2 saturated heterocycles. The van der Waals surface area contributed by atoms with Gasteiger partial charge in [0.25, 0.3) is 0 Å². The molecular formula is C27H47NNa2O15S. The Morgan fingerprint density at radius 2 is 1.37 bits per heavy atom. The van der Waals surface area contributed by atoms with Gasteiger partial charge < -0.3 is 59.8 Å². The Bertz CT molecular complexity index is 1120. The van der Waals surface area contributed by atoms with Crippen molar-refractivity contribution in [1.82, 2.24) is 5.32 Å². The maximum atomic E-state index is 12.6. The first-order chi connectivity index (χ1) is 19.7. The van der Waals surface area contributed by atoms with Gasteiger partial charge in [-0.1, -0.05) is 6.92 Å². The van der Waals surface area contributed by atoms with Gasteiger partial charge in [0.15, 0.2) is 18.1 Å². The molecule has 2 heterocycles. The van der Waals surface area contributed by atoms with Crippen LogP contribution in [0.4, 0.5) is 0 Å². The first-order valence-corrected chi connectivity index (χ1v) is 14.5. The standard InChI is InChI=1S/C27H49NO15S.2Na/c1-16(30)28-22(6)18(2,26(10,41-44-43-42-36)19(3,13-29)40-27(22,11)37-12)14-38-15-20(4)23(7,33)25(9,35)24(8,34)21(5,39-20)17(31)32;;/h29,33-36H,13-15H2,1-12H3,(H,28,30)(H,31,32);;/q;2*+1/p-2/t18-,19?,20?,21?,22-,23+,24+,25-,26-,27?;;/m0../s1. The molecule has 0 spiro atoms. The molecule has 1 amide bonds. The molecule has 0 aromatic heterocycles. The van der Waals surface area contributed by atoms with Crippen molar-refractivity contribution in [2.24, 2.45) is 5.41 Å². The summed E-state index contributed by atoms with van der Waals surface area (Å²) >= 11 is 0.136. The molecule has 46 heavy (non-hydrogen) atoms. The second-order valence-electron chi connectivity index (χ2n) is 13.5. The first-order valence-electron chi connectivity index (χ1n) is 13.8. The average molecular weight is 704 g/mol. The van der Waals surface area contributed by atoms with E-state index in [-0.39, 0.29) is 71.4 Å². The van der Waals surface area contributed by atoms with E-state index < -0.39 is 87.6 Å². The van der Waals surface area contributed by atoms with Gasteiger partial charge in [-0.15, -0.1) is 4.33 Å². The van der Waals surface area contributed by atoms with Crippen molar-refractivity contribution in [3.63, 3.8) is 0 Å². The Balaban J connectivity index is 0.0000101. The minimum atomic E-state index is -2.55. The van der Waals surface area contributed by atoms with Gasteiger partial charge in [0, 0.05) is 14.0 Å². The maximum Gasteiger partial charge on any atom is 1.00 e. The average Bonchev–Trinajstić information content (AvgIpc) is 2.90. The van der Waals surface area contributed by atoms with Crippen LogP contribution in [0.5, 0.6) is 0 Å². The minimum Gasteiger partial charge on any atom is -0.691 e. The fourth-order valence-corrected chi connectivity index (χ4v) is 7.29. The third kappa shape index (κ3) is 6.41. The van der Waals surface area contributed by atoms with Crippen molar-refractivity contribution in [3.05, 3.63) is 0 Å². The quantitative estimate of drug-likeness (QED) is 0.0417. The predicted molar refractivity (Wildman–Crippen MR) is 147 cm³/mol. The van der Waals surface area contributed by atoms with Crippen molar-refractivity contribution in [3.8, 4) is 0 Å². The molecule has 2 fully saturated rings. The van der Waals surface area contributed by atoms with Crippen LogP contribution in [0.15, 0.2) is 0 Å². The van der Waals surface area contributed by atoms with E-state index in [1.165, 1.54) is 41.7 Å². The van der Waals surface area contributed by atoms with Crippen LogP contribution >= 0.6 is 12.3 Å². The van der Waals surface area contributed by atoms with Gasteiger partial charge in [0.2, 0.25) is 5.91 Å². The summed E-state index contributed by atoms with van der Waals surface area (Å²) in [5.41, 5.74) is -18.4. The van der Waals surface area contributed by atoms with Crippen LogP contribution < -0.4 is 74.8 Å². The van der Waals surface area contributed by atoms with Gasteiger partial charge in [-0.3, -0.25) is 14.0 Å². The number of hydrogen-bond acceptors (Lipinski definition) is 16. The van der Waals surface area contributed by atoms with Crippen molar-refractivity contribution >= 4 is 24.2 Å². The summed E-state index contributed by atoms with van der Waals surface area (Å²) < 4.78 is 34.5. The van der Waals surface area contributed by atoms with Crippen LogP contribution in [-0.2, 0) is 42.1 Å². The van der Waals surface area contributed by atoms with E-state index in [2.05, 4.69) is 14.7 Å². The number of carboxylic acid groups (broad SMARTS) is 1. The van der Waals surface area contributed by atoms with Crippen molar-refractivity contribution in [2.75, 3.05) is 26.9 Å². The topological polar surface area (TPSA) is 238 Å². The van der Waals surface area contributed by atoms with Crippen LogP contribution in [-0.4, -0.2) is 110 Å². The summed E-state index contributed by atoms with van der Waals surface area (Å²) in [5, 5.41) is 74.0. The number of amides is 1. The molecule has 0 saturated carbocycles. The van der Waals surface area contributed by atoms with Crippen LogP contribution in [0.2, 0.25) is 0 Å². The normalized spacial score (nSPS) is 47.3. The number of ether oxygens (including phenoxy) is 4. The van der Waals surface area contributed by atoms with E-state index >= 15 is 0 Å². The summed E-state index contributed by atoms with van der Waals surface area (Å²) in [6.45, 7) is 12.8. The van der Waals surface area contributed by atoms with Crippen LogP contribution in [0.25, 0.3) is 0 Å².